The summed E-state index contributed by atoms with van der Waals surface area (Å²) in [6.07, 6.45) is 26.2. The first-order chi connectivity index (χ1) is 31.4. The van der Waals surface area contributed by atoms with Crippen LogP contribution in [0.4, 0.5) is 9.59 Å². The quantitative estimate of drug-likeness (QED) is 0.0441. The first-order valence-corrected chi connectivity index (χ1v) is 21.0. The summed E-state index contributed by atoms with van der Waals surface area (Å²) in [4.78, 5) is 32.6. The second kappa shape index (κ2) is 21.7. The Kier molecular flexibility index (Phi) is 14.5. The minimum absolute atomic E-state index is 0.140. The summed E-state index contributed by atoms with van der Waals surface area (Å²) in [5.41, 5.74) is 8.12. The Labute approximate surface area is 371 Å². The van der Waals surface area contributed by atoms with Crippen molar-refractivity contribution in [3.63, 3.8) is 0 Å². The first-order valence-electron chi connectivity index (χ1n) is 21.0. The van der Waals surface area contributed by atoms with Crippen molar-refractivity contribution in [1.29, 1.82) is 0 Å². The Morgan fingerprint density at radius 1 is 0.438 bits per heavy atom. The molecular formula is C50H50N8O6+2. The zero-order valence-electron chi connectivity index (χ0n) is 35.4. The molecule has 0 aliphatic carbocycles. The topological polar surface area (TPSA) is 124 Å². The minimum atomic E-state index is -0.698. The number of imidazole rings is 4. The first kappa shape index (κ1) is 42.7. The fourth-order valence-corrected chi connectivity index (χ4v) is 6.89. The number of benzene rings is 4. The van der Waals surface area contributed by atoms with E-state index in [0.29, 0.717) is 0 Å². The Hall–Kier alpha value is -8.00. The van der Waals surface area contributed by atoms with Gasteiger partial charge in [-0.1, -0.05) is 97.1 Å². The highest BCUT2D eigenvalue weighted by Crippen LogP contribution is 2.12. The van der Waals surface area contributed by atoms with Gasteiger partial charge in [0.05, 0.1) is 12.7 Å². The van der Waals surface area contributed by atoms with Crippen LogP contribution in [0.3, 0.4) is 0 Å². The van der Waals surface area contributed by atoms with Gasteiger partial charge in [0.2, 0.25) is 12.7 Å². The lowest BCUT2D eigenvalue weighted by Crippen LogP contribution is -2.31. The number of carbonyl (C=O) groups is 2. The highest BCUT2D eigenvalue weighted by molar-refractivity contribution is 5.60. The fourth-order valence-electron chi connectivity index (χ4n) is 6.89. The SMILES string of the molecule is O=C(OCc1ccc(Cn2ccnc2)cc1)OCc1ccc(C[n+]2ccn(C/C=C/Cn3cc[n+](Cc4ccc(COC(=O)OCc5ccc(Cn6ccnc6)cc5)cc4)c3)c2)cc1. The van der Waals surface area contributed by atoms with Crippen LogP contribution in [0.5, 0.6) is 0 Å². The molecule has 0 bridgehead atoms. The molecule has 0 spiro atoms. The van der Waals surface area contributed by atoms with Crippen molar-refractivity contribution >= 4 is 12.3 Å². The van der Waals surface area contributed by atoms with E-state index in [4.69, 9.17) is 18.9 Å². The molecule has 0 amide bonds. The molecule has 8 rings (SSSR count). The maximum atomic E-state index is 12.2. The van der Waals surface area contributed by atoms with Gasteiger partial charge in [-0.25, -0.2) is 37.8 Å². The van der Waals surface area contributed by atoms with Crippen LogP contribution in [0.1, 0.15) is 44.5 Å². The second-order valence-electron chi connectivity index (χ2n) is 15.4. The Bertz CT molecular complexity index is 2500. The molecule has 0 aliphatic heterocycles. The van der Waals surface area contributed by atoms with Crippen LogP contribution >= 0.6 is 0 Å². The van der Waals surface area contributed by atoms with Crippen molar-refractivity contribution in [2.24, 2.45) is 0 Å². The van der Waals surface area contributed by atoms with E-state index in [1.165, 1.54) is 0 Å². The molecule has 0 saturated heterocycles. The molecule has 4 aromatic heterocycles. The standard InChI is InChI=1S/C50H50N8O6/c59-49(61-33-45-11-3-41(4-12-45)29-55-23-19-51-37-55)63-35-47-15-7-43(8-16-47)31-57-27-25-53(39-57)21-1-2-22-54-26-28-58(40-54)32-44-9-17-48(18-10-44)36-64-50(60)62-34-46-13-5-42(6-14-46)30-56-24-20-52-38-56/h1-20,23-28,37-40H,21-22,29-36H2/q+2/b2-1+. The summed E-state index contributed by atoms with van der Waals surface area (Å²) in [5.74, 6) is 0. The summed E-state index contributed by atoms with van der Waals surface area (Å²) >= 11 is 0. The van der Waals surface area contributed by atoms with Gasteiger partial charge in [0.1, 0.15) is 77.4 Å². The fraction of sp³-hybridized carbons (Fsp3) is 0.200. The molecule has 0 saturated carbocycles. The number of nitrogens with zero attached hydrogens (tertiary/aromatic N) is 8. The number of hydrogen-bond acceptors (Lipinski definition) is 8. The van der Waals surface area contributed by atoms with Gasteiger partial charge in [-0.2, -0.15) is 0 Å². The minimum Gasteiger partial charge on any atom is -0.429 e. The Morgan fingerprint density at radius 3 is 1.09 bits per heavy atom. The van der Waals surface area contributed by atoms with E-state index < -0.39 is 12.3 Å². The average Bonchev–Trinajstić information content (AvgIpc) is 4.18. The molecule has 324 valence electrons. The Morgan fingerprint density at radius 2 is 0.766 bits per heavy atom. The van der Waals surface area contributed by atoms with E-state index in [-0.39, 0.29) is 26.4 Å². The van der Waals surface area contributed by atoms with E-state index in [9.17, 15) is 9.59 Å². The number of hydrogen-bond donors (Lipinski definition) is 0. The third-order valence-corrected chi connectivity index (χ3v) is 10.4. The average molecular weight is 859 g/mol. The molecular weight excluding hydrogens is 809 g/mol. The molecule has 14 nitrogen and oxygen atoms in total. The van der Waals surface area contributed by atoms with Crippen LogP contribution in [0.15, 0.2) is 184 Å². The number of carbonyl (C=O) groups excluding carboxylic acids is 2. The van der Waals surface area contributed by atoms with Crippen LogP contribution in [0.25, 0.3) is 0 Å². The van der Waals surface area contributed by atoms with Gasteiger partial charge in [-0.3, -0.25) is 0 Å². The molecule has 4 aromatic carbocycles. The Balaban J connectivity index is 0.686. The normalized spacial score (nSPS) is 11.2. The molecule has 0 unspecified atom stereocenters. The molecule has 14 heteroatoms. The summed E-state index contributed by atoms with van der Waals surface area (Å²) in [5, 5.41) is 0. The van der Waals surface area contributed by atoms with Crippen LogP contribution in [-0.2, 0) is 84.6 Å². The monoisotopic (exact) mass is 858 g/mol. The van der Waals surface area contributed by atoms with Crippen LogP contribution in [0.2, 0.25) is 0 Å². The smallest absolute Gasteiger partial charge is 0.429 e. The van der Waals surface area contributed by atoms with Crippen molar-refractivity contribution < 1.29 is 37.7 Å². The van der Waals surface area contributed by atoms with Crippen molar-refractivity contribution in [1.82, 2.24) is 28.2 Å². The summed E-state index contributed by atoms with van der Waals surface area (Å²) in [6, 6.07) is 31.9. The highest BCUT2D eigenvalue weighted by Gasteiger charge is 2.10. The van der Waals surface area contributed by atoms with Crippen molar-refractivity contribution in [2.75, 3.05) is 0 Å². The molecule has 0 aliphatic rings. The van der Waals surface area contributed by atoms with Gasteiger partial charge in [0.15, 0.2) is 0 Å². The van der Waals surface area contributed by atoms with Crippen molar-refractivity contribution in [3.8, 4) is 0 Å². The lowest BCUT2D eigenvalue weighted by atomic mass is 10.1. The predicted octanol–water partition coefficient (Wildman–Crippen LogP) is 7.41. The van der Waals surface area contributed by atoms with Gasteiger partial charge >= 0.3 is 12.3 Å². The van der Waals surface area contributed by atoms with Gasteiger partial charge in [0, 0.05) is 37.9 Å². The van der Waals surface area contributed by atoms with E-state index in [1.54, 1.807) is 25.0 Å². The molecule has 0 radical (unpaired) electrons. The lowest BCUT2D eigenvalue weighted by Gasteiger charge is -2.08. The number of allylic oxidation sites excluding steroid dienone is 2. The number of rotatable bonds is 20. The summed E-state index contributed by atoms with van der Waals surface area (Å²) in [7, 11) is 0. The van der Waals surface area contributed by atoms with Crippen LogP contribution in [-0.4, -0.2) is 40.5 Å². The van der Waals surface area contributed by atoms with Gasteiger partial charge in [0.25, 0.3) is 0 Å². The van der Waals surface area contributed by atoms with E-state index in [1.807, 2.05) is 119 Å². The van der Waals surface area contributed by atoms with Crippen molar-refractivity contribution in [2.45, 2.75) is 65.7 Å². The number of aromatic nitrogens is 8. The molecule has 0 N–H and O–H groups in total. The van der Waals surface area contributed by atoms with Gasteiger partial charge in [-0.15, -0.1) is 0 Å². The van der Waals surface area contributed by atoms with E-state index >= 15 is 0 Å². The third kappa shape index (κ3) is 13.2. The summed E-state index contributed by atoms with van der Waals surface area (Å²) < 4.78 is 33.8. The second-order valence-corrected chi connectivity index (χ2v) is 15.4. The molecule has 0 atom stereocenters. The zero-order chi connectivity index (χ0) is 43.8. The highest BCUT2D eigenvalue weighted by atomic mass is 16.7. The zero-order valence-corrected chi connectivity index (χ0v) is 35.4. The predicted molar refractivity (Wildman–Crippen MR) is 235 cm³/mol. The van der Waals surface area contributed by atoms with Gasteiger partial charge < -0.3 is 28.1 Å². The maximum absolute atomic E-state index is 12.2. The largest absolute Gasteiger partial charge is 0.508 e. The maximum Gasteiger partial charge on any atom is 0.508 e. The number of ether oxygens (including phenoxy) is 4. The lowest BCUT2D eigenvalue weighted by molar-refractivity contribution is -0.688. The van der Waals surface area contributed by atoms with Crippen molar-refractivity contribution in [3.05, 3.63) is 229 Å². The van der Waals surface area contributed by atoms with E-state index in [2.05, 4.69) is 77.8 Å². The van der Waals surface area contributed by atoms with Crippen LogP contribution < -0.4 is 9.13 Å². The third-order valence-electron chi connectivity index (χ3n) is 10.4. The van der Waals surface area contributed by atoms with Crippen LogP contribution in [0, 0.1) is 0 Å². The molecule has 4 heterocycles. The molecule has 64 heavy (non-hydrogen) atoms. The van der Waals surface area contributed by atoms with Gasteiger partial charge in [-0.05, 0) is 56.7 Å². The molecule has 8 aromatic rings. The molecule has 0 fully saturated rings. The summed E-state index contributed by atoms with van der Waals surface area (Å²) in [6.45, 7) is 5.01. The van der Waals surface area contributed by atoms with E-state index in [0.717, 1.165) is 83.8 Å².